The van der Waals surface area contributed by atoms with Crippen molar-refractivity contribution >= 4 is 24.2 Å². The smallest absolute Gasteiger partial charge is 0.343 e. The van der Waals surface area contributed by atoms with Crippen LogP contribution in [0.5, 0.6) is 0 Å². The summed E-state index contributed by atoms with van der Waals surface area (Å²) < 4.78 is 38.1. The van der Waals surface area contributed by atoms with E-state index in [0.717, 1.165) is 37.9 Å². The molecule has 2 unspecified atom stereocenters. The van der Waals surface area contributed by atoms with Crippen LogP contribution in [0.15, 0.2) is 24.3 Å². The summed E-state index contributed by atoms with van der Waals surface area (Å²) in [4.78, 5) is 26.2. The fourth-order valence-corrected chi connectivity index (χ4v) is 3.55. The van der Waals surface area contributed by atoms with Gasteiger partial charge in [-0.05, 0) is 44.0 Å². The van der Waals surface area contributed by atoms with E-state index in [4.69, 9.17) is 0 Å². The van der Waals surface area contributed by atoms with Crippen LogP contribution in [0, 0.1) is 0 Å². The normalized spacial score (nSPS) is 22.3. The van der Waals surface area contributed by atoms with Crippen LogP contribution in [0.25, 0.3) is 0 Å². The van der Waals surface area contributed by atoms with Crippen molar-refractivity contribution in [3.05, 3.63) is 35.4 Å². The molecule has 26 heavy (non-hydrogen) atoms. The van der Waals surface area contributed by atoms with Gasteiger partial charge in [0.2, 0.25) is 5.91 Å². The van der Waals surface area contributed by atoms with E-state index in [0.29, 0.717) is 12.6 Å². The molecule has 2 atom stereocenters. The van der Waals surface area contributed by atoms with Gasteiger partial charge in [-0.1, -0.05) is 6.07 Å². The fourth-order valence-electron chi connectivity index (χ4n) is 3.55. The standard InChI is InChI=1S/C17H20F3N3O2.ClH/c18-17(19,20)12-4-1-3-11(9-12)16(25)22-10-15(24)23-8-6-13-14(23)5-2-7-21-13;/h1,3-4,9,13-14,21H,2,5-8,10H2,(H,22,25);1H. The van der Waals surface area contributed by atoms with Gasteiger partial charge in [0, 0.05) is 24.2 Å². The maximum absolute atomic E-state index is 12.7. The number of hydrogen-bond acceptors (Lipinski definition) is 3. The van der Waals surface area contributed by atoms with Crippen molar-refractivity contribution < 1.29 is 22.8 Å². The van der Waals surface area contributed by atoms with Crippen LogP contribution >= 0.6 is 12.4 Å². The van der Waals surface area contributed by atoms with Gasteiger partial charge in [0.15, 0.2) is 0 Å². The number of piperidine rings is 1. The summed E-state index contributed by atoms with van der Waals surface area (Å²) >= 11 is 0. The zero-order valence-electron chi connectivity index (χ0n) is 14.0. The third kappa shape index (κ3) is 4.48. The summed E-state index contributed by atoms with van der Waals surface area (Å²) in [7, 11) is 0. The van der Waals surface area contributed by atoms with Crippen molar-refractivity contribution in [2.75, 3.05) is 19.6 Å². The number of nitrogens with one attached hydrogen (secondary N) is 2. The zero-order chi connectivity index (χ0) is 18.0. The Bertz CT molecular complexity index is 669. The van der Waals surface area contributed by atoms with Crippen LogP contribution in [-0.2, 0) is 11.0 Å². The van der Waals surface area contributed by atoms with Crippen molar-refractivity contribution in [1.82, 2.24) is 15.5 Å². The third-order valence-corrected chi connectivity index (χ3v) is 4.80. The first-order valence-electron chi connectivity index (χ1n) is 8.34. The van der Waals surface area contributed by atoms with E-state index < -0.39 is 17.6 Å². The van der Waals surface area contributed by atoms with E-state index >= 15 is 0 Å². The Balaban J connectivity index is 0.00000243. The average molecular weight is 392 g/mol. The van der Waals surface area contributed by atoms with Crippen molar-refractivity contribution in [2.45, 2.75) is 37.5 Å². The monoisotopic (exact) mass is 391 g/mol. The molecule has 2 aliphatic rings. The van der Waals surface area contributed by atoms with Gasteiger partial charge >= 0.3 is 6.18 Å². The molecular weight excluding hydrogens is 371 g/mol. The Kier molecular flexibility index (Phi) is 6.52. The lowest BCUT2D eigenvalue weighted by Gasteiger charge is -2.32. The van der Waals surface area contributed by atoms with Gasteiger partial charge in [-0.25, -0.2) is 0 Å². The van der Waals surface area contributed by atoms with Crippen molar-refractivity contribution in [3.8, 4) is 0 Å². The highest BCUT2D eigenvalue weighted by atomic mass is 35.5. The molecule has 0 bridgehead atoms. The van der Waals surface area contributed by atoms with Crippen LogP contribution in [0.4, 0.5) is 13.2 Å². The van der Waals surface area contributed by atoms with Crippen molar-refractivity contribution in [3.63, 3.8) is 0 Å². The first-order chi connectivity index (χ1) is 11.9. The van der Waals surface area contributed by atoms with Crippen LogP contribution < -0.4 is 10.6 Å². The van der Waals surface area contributed by atoms with Gasteiger partial charge in [-0.2, -0.15) is 13.2 Å². The Morgan fingerprint density at radius 1 is 1.27 bits per heavy atom. The number of benzene rings is 1. The molecule has 0 aliphatic carbocycles. The molecule has 0 spiro atoms. The first-order valence-corrected chi connectivity index (χ1v) is 8.34. The molecule has 3 rings (SSSR count). The lowest BCUT2D eigenvalue weighted by atomic mass is 9.99. The maximum atomic E-state index is 12.7. The summed E-state index contributed by atoms with van der Waals surface area (Å²) in [5.41, 5.74) is -0.997. The Morgan fingerprint density at radius 2 is 2.04 bits per heavy atom. The second kappa shape index (κ2) is 8.26. The number of nitrogens with zero attached hydrogens (tertiary/aromatic N) is 1. The molecule has 2 N–H and O–H groups in total. The van der Waals surface area contributed by atoms with Gasteiger partial charge in [-0.3, -0.25) is 9.59 Å². The zero-order valence-corrected chi connectivity index (χ0v) is 14.8. The number of hydrogen-bond donors (Lipinski definition) is 2. The molecule has 2 saturated heterocycles. The lowest BCUT2D eigenvalue weighted by Crippen LogP contribution is -2.50. The lowest BCUT2D eigenvalue weighted by molar-refractivity contribution is -0.137. The van der Waals surface area contributed by atoms with Crippen LogP contribution in [0.1, 0.15) is 35.2 Å². The average Bonchev–Trinajstić information content (AvgIpc) is 3.03. The number of alkyl halides is 3. The molecular formula is C17H21ClF3N3O2. The summed E-state index contributed by atoms with van der Waals surface area (Å²) in [6, 6.07) is 4.62. The molecule has 1 aromatic carbocycles. The third-order valence-electron chi connectivity index (χ3n) is 4.80. The van der Waals surface area contributed by atoms with Crippen molar-refractivity contribution in [2.24, 2.45) is 0 Å². The number of likely N-dealkylation sites (tertiary alicyclic amines) is 1. The highest BCUT2D eigenvalue weighted by molar-refractivity contribution is 5.96. The van der Waals surface area contributed by atoms with E-state index in [1.165, 1.54) is 12.1 Å². The minimum absolute atomic E-state index is 0. The topological polar surface area (TPSA) is 61.4 Å². The molecule has 2 amide bonds. The summed E-state index contributed by atoms with van der Waals surface area (Å²) in [5, 5.41) is 5.82. The molecule has 2 aliphatic heterocycles. The van der Waals surface area contributed by atoms with Gasteiger partial charge in [0.05, 0.1) is 12.1 Å². The number of amides is 2. The van der Waals surface area contributed by atoms with E-state index in [1.807, 2.05) is 0 Å². The molecule has 1 aromatic rings. The summed E-state index contributed by atoms with van der Waals surface area (Å²) in [6.45, 7) is 1.38. The molecule has 2 heterocycles. The van der Waals surface area contributed by atoms with E-state index in [1.54, 1.807) is 4.90 Å². The predicted octanol–water partition coefficient (Wildman–Crippen LogP) is 2.21. The number of fused-ring (bicyclic) bond motifs is 1. The molecule has 0 aromatic heterocycles. The summed E-state index contributed by atoms with van der Waals surface area (Å²) in [5.74, 6) is -0.881. The number of carbonyl (C=O) groups is 2. The molecule has 5 nitrogen and oxygen atoms in total. The van der Waals surface area contributed by atoms with Gasteiger partial charge in [0.25, 0.3) is 5.91 Å². The summed E-state index contributed by atoms with van der Waals surface area (Å²) in [6.07, 6.45) is -1.69. The molecule has 0 saturated carbocycles. The SMILES string of the molecule is Cl.O=C(NCC(=O)N1CCC2NCCCC21)c1cccc(C(F)(F)F)c1. The van der Waals surface area contributed by atoms with E-state index in [9.17, 15) is 22.8 Å². The Labute approximate surface area is 155 Å². The highest BCUT2D eigenvalue weighted by Crippen LogP contribution is 2.29. The molecule has 144 valence electrons. The highest BCUT2D eigenvalue weighted by Gasteiger charge is 2.38. The second-order valence-corrected chi connectivity index (χ2v) is 6.41. The van der Waals surface area contributed by atoms with Crippen molar-refractivity contribution in [1.29, 1.82) is 0 Å². The number of carbonyl (C=O) groups excluding carboxylic acids is 2. The van der Waals surface area contributed by atoms with E-state index in [2.05, 4.69) is 10.6 Å². The van der Waals surface area contributed by atoms with E-state index in [-0.39, 0.29) is 36.5 Å². The Hall–Kier alpha value is -1.80. The predicted molar refractivity (Wildman–Crippen MR) is 92.2 cm³/mol. The largest absolute Gasteiger partial charge is 0.416 e. The maximum Gasteiger partial charge on any atom is 0.416 e. The minimum atomic E-state index is -4.51. The molecule has 2 fully saturated rings. The van der Waals surface area contributed by atoms with Gasteiger partial charge in [-0.15, -0.1) is 12.4 Å². The fraction of sp³-hybridized carbons (Fsp3) is 0.529. The minimum Gasteiger partial charge on any atom is -0.343 e. The van der Waals surface area contributed by atoms with Crippen LogP contribution in [0.3, 0.4) is 0 Å². The molecule has 9 heteroatoms. The number of halogens is 4. The quantitative estimate of drug-likeness (QED) is 0.830. The number of rotatable bonds is 3. The van der Waals surface area contributed by atoms with Gasteiger partial charge < -0.3 is 15.5 Å². The van der Waals surface area contributed by atoms with Gasteiger partial charge in [0.1, 0.15) is 0 Å². The Morgan fingerprint density at radius 3 is 2.77 bits per heavy atom. The van der Waals surface area contributed by atoms with Crippen LogP contribution in [-0.4, -0.2) is 48.4 Å². The van der Waals surface area contributed by atoms with Crippen LogP contribution in [0.2, 0.25) is 0 Å². The molecule has 0 radical (unpaired) electrons. The first kappa shape index (κ1) is 20.5. The second-order valence-electron chi connectivity index (χ2n) is 6.41.